The fourth-order valence-corrected chi connectivity index (χ4v) is 1.40. The van der Waals surface area contributed by atoms with Crippen molar-refractivity contribution in [3.63, 3.8) is 0 Å². The zero-order valence-electron chi connectivity index (χ0n) is 10.6. The van der Waals surface area contributed by atoms with Gasteiger partial charge in [-0.05, 0) is 47.5 Å². The quantitative estimate of drug-likeness (QED) is 0.720. The van der Waals surface area contributed by atoms with Crippen LogP contribution in [-0.2, 0) is 0 Å². The summed E-state index contributed by atoms with van der Waals surface area (Å²) in [7, 11) is 0. The molecule has 0 spiro atoms. The standard InChI is InChI=1S/C10H8N2.C5H5N.H3N/c1-5-11-6-2-9(1)10-3-7-12-8-4-10;1-2-4-6-5-3-1;/h1-8H;1-5H;1H3. The van der Waals surface area contributed by atoms with Crippen molar-refractivity contribution in [3.05, 3.63) is 79.6 Å². The van der Waals surface area contributed by atoms with Crippen molar-refractivity contribution in [1.82, 2.24) is 21.1 Å². The largest absolute Gasteiger partial charge is 0.344 e. The molecule has 4 nitrogen and oxygen atoms in total. The van der Waals surface area contributed by atoms with Crippen molar-refractivity contribution in [1.29, 1.82) is 0 Å². The predicted molar refractivity (Wildman–Crippen MR) is 76.7 cm³/mol. The number of hydrogen-bond donors (Lipinski definition) is 1. The molecular weight excluding hydrogens is 236 g/mol. The molecule has 3 N–H and O–H groups in total. The van der Waals surface area contributed by atoms with Crippen LogP contribution in [0.2, 0.25) is 0 Å². The first-order valence-corrected chi connectivity index (χ1v) is 5.62. The van der Waals surface area contributed by atoms with Crippen LogP contribution in [0, 0.1) is 0 Å². The van der Waals surface area contributed by atoms with Crippen molar-refractivity contribution in [2.45, 2.75) is 0 Å². The normalized spacial score (nSPS) is 8.63. The van der Waals surface area contributed by atoms with Crippen molar-refractivity contribution in [3.8, 4) is 11.1 Å². The third kappa shape index (κ3) is 5.06. The van der Waals surface area contributed by atoms with Gasteiger partial charge in [0.2, 0.25) is 0 Å². The van der Waals surface area contributed by atoms with Crippen LogP contribution in [0.5, 0.6) is 0 Å². The summed E-state index contributed by atoms with van der Waals surface area (Å²) in [6, 6.07) is 13.6. The van der Waals surface area contributed by atoms with Crippen LogP contribution >= 0.6 is 0 Å². The Balaban J connectivity index is 0.000000220. The molecule has 0 amide bonds. The van der Waals surface area contributed by atoms with E-state index in [0.717, 1.165) is 0 Å². The number of nitrogens with zero attached hydrogens (tertiary/aromatic N) is 3. The lowest BCUT2D eigenvalue weighted by atomic mass is 10.1. The SMILES string of the molecule is N.c1cc(-c2ccncc2)ccn1.c1ccncc1. The van der Waals surface area contributed by atoms with Gasteiger partial charge in [0.1, 0.15) is 0 Å². The minimum Gasteiger partial charge on any atom is -0.344 e. The molecule has 0 radical (unpaired) electrons. The van der Waals surface area contributed by atoms with Crippen LogP contribution in [0.3, 0.4) is 0 Å². The summed E-state index contributed by atoms with van der Waals surface area (Å²) in [5.41, 5.74) is 2.35. The van der Waals surface area contributed by atoms with Crippen LogP contribution < -0.4 is 6.15 Å². The van der Waals surface area contributed by atoms with Crippen LogP contribution in [0.15, 0.2) is 79.6 Å². The maximum Gasteiger partial charge on any atom is 0.0273 e. The fourth-order valence-electron chi connectivity index (χ4n) is 1.40. The zero-order chi connectivity index (χ0) is 12.5. The molecule has 0 atom stereocenters. The second-order valence-electron chi connectivity index (χ2n) is 3.50. The monoisotopic (exact) mass is 252 g/mol. The molecule has 0 aliphatic heterocycles. The molecule has 96 valence electrons. The number of hydrogen-bond acceptors (Lipinski definition) is 4. The Morgan fingerprint density at radius 3 is 1.11 bits per heavy atom. The number of aromatic nitrogens is 3. The Kier molecular flexibility index (Phi) is 6.47. The van der Waals surface area contributed by atoms with Gasteiger partial charge in [-0.25, -0.2) is 0 Å². The van der Waals surface area contributed by atoms with Crippen LogP contribution in [0.25, 0.3) is 11.1 Å². The minimum absolute atomic E-state index is 0. The summed E-state index contributed by atoms with van der Waals surface area (Å²) < 4.78 is 0. The van der Waals surface area contributed by atoms with Crippen LogP contribution in [0.4, 0.5) is 0 Å². The first-order valence-electron chi connectivity index (χ1n) is 5.62. The van der Waals surface area contributed by atoms with Gasteiger partial charge in [-0.1, -0.05) is 6.07 Å². The molecule has 0 aliphatic carbocycles. The third-order valence-electron chi connectivity index (χ3n) is 2.26. The predicted octanol–water partition coefficient (Wildman–Crippen LogP) is 3.39. The van der Waals surface area contributed by atoms with Crippen molar-refractivity contribution < 1.29 is 0 Å². The summed E-state index contributed by atoms with van der Waals surface area (Å²) in [6.07, 6.45) is 10.6. The molecule has 3 heterocycles. The maximum atomic E-state index is 3.96. The highest BCUT2D eigenvalue weighted by atomic mass is 14.6. The van der Waals surface area contributed by atoms with Gasteiger partial charge in [-0.15, -0.1) is 0 Å². The van der Waals surface area contributed by atoms with Crippen molar-refractivity contribution in [2.75, 3.05) is 0 Å². The van der Waals surface area contributed by atoms with E-state index < -0.39 is 0 Å². The van der Waals surface area contributed by atoms with E-state index in [1.807, 2.05) is 42.5 Å². The molecule has 3 aromatic rings. The van der Waals surface area contributed by atoms with E-state index in [1.165, 1.54) is 11.1 Å². The molecule has 0 fully saturated rings. The Morgan fingerprint density at radius 2 is 0.842 bits per heavy atom. The second-order valence-corrected chi connectivity index (χ2v) is 3.50. The Labute approximate surface area is 112 Å². The Hall–Kier alpha value is -2.59. The Morgan fingerprint density at radius 1 is 0.474 bits per heavy atom. The number of pyridine rings is 3. The van der Waals surface area contributed by atoms with Gasteiger partial charge >= 0.3 is 0 Å². The van der Waals surface area contributed by atoms with Gasteiger partial charge in [-0.2, -0.15) is 0 Å². The van der Waals surface area contributed by atoms with Crippen LogP contribution in [0.1, 0.15) is 0 Å². The smallest absolute Gasteiger partial charge is 0.0273 e. The van der Waals surface area contributed by atoms with Gasteiger partial charge in [0.15, 0.2) is 0 Å². The van der Waals surface area contributed by atoms with Gasteiger partial charge in [-0.3, -0.25) is 15.0 Å². The summed E-state index contributed by atoms with van der Waals surface area (Å²) >= 11 is 0. The second kappa shape index (κ2) is 8.49. The van der Waals surface area contributed by atoms with Gasteiger partial charge in [0.25, 0.3) is 0 Å². The molecule has 0 aromatic carbocycles. The lowest BCUT2D eigenvalue weighted by Gasteiger charge is -1.97. The lowest BCUT2D eigenvalue weighted by molar-refractivity contribution is 1.31. The van der Waals surface area contributed by atoms with Gasteiger partial charge < -0.3 is 6.15 Å². The zero-order valence-corrected chi connectivity index (χ0v) is 10.6. The van der Waals surface area contributed by atoms with E-state index in [-0.39, 0.29) is 6.15 Å². The molecule has 3 rings (SSSR count). The first-order chi connectivity index (χ1) is 8.97. The summed E-state index contributed by atoms with van der Waals surface area (Å²) in [5.74, 6) is 0. The van der Waals surface area contributed by atoms with Crippen molar-refractivity contribution in [2.24, 2.45) is 0 Å². The van der Waals surface area contributed by atoms with E-state index in [4.69, 9.17) is 0 Å². The molecule has 4 heteroatoms. The molecule has 0 aliphatic rings. The first kappa shape index (κ1) is 14.5. The molecule has 0 saturated carbocycles. The highest BCUT2D eigenvalue weighted by Gasteiger charge is 1.92. The molecule has 3 aromatic heterocycles. The molecular formula is C15H16N4. The van der Waals surface area contributed by atoms with E-state index in [2.05, 4.69) is 15.0 Å². The molecule has 19 heavy (non-hydrogen) atoms. The van der Waals surface area contributed by atoms with Gasteiger partial charge in [0, 0.05) is 37.2 Å². The highest BCUT2D eigenvalue weighted by molar-refractivity contribution is 5.61. The van der Waals surface area contributed by atoms with Crippen LogP contribution in [-0.4, -0.2) is 15.0 Å². The molecule has 0 unspecified atom stereocenters. The van der Waals surface area contributed by atoms with E-state index >= 15 is 0 Å². The number of rotatable bonds is 1. The van der Waals surface area contributed by atoms with Crippen molar-refractivity contribution >= 4 is 0 Å². The lowest BCUT2D eigenvalue weighted by Crippen LogP contribution is -1.77. The highest BCUT2D eigenvalue weighted by Crippen LogP contribution is 2.15. The van der Waals surface area contributed by atoms with E-state index in [0.29, 0.717) is 0 Å². The molecule has 0 saturated heterocycles. The Bertz CT molecular complexity index is 477. The third-order valence-corrected chi connectivity index (χ3v) is 2.26. The van der Waals surface area contributed by atoms with Gasteiger partial charge in [0.05, 0.1) is 0 Å². The average molecular weight is 252 g/mol. The summed E-state index contributed by atoms with van der Waals surface area (Å²) in [6.45, 7) is 0. The average Bonchev–Trinajstić information content (AvgIpc) is 2.51. The maximum absolute atomic E-state index is 3.96. The van der Waals surface area contributed by atoms with E-state index in [1.54, 1.807) is 37.2 Å². The summed E-state index contributed by atoms with van der Waals surface area (Å²) in [4.78, 5) is 11.7. The van der Waals surface area contributed by atoms with E-state index in [9.17, 15) is 0 Å². The molecule has 0 bridgehead atoms. The minimum atomic E-state index is 0. The topological polar surface area (TPSA) is 73.7 Å². The summed E-state index contributed by atoms with van der Waals surface area (Å²) in [5, 5.41) is 0. The fraction of sp³-hybridized carbons (Fsp3) is 0.